The summed E-state index contributed by atoms with van der Waals surface area (Å²) in [7, 11) is 0. The number of alkyl halides is 4. The maximum Gasteiger partial charge on any atom is 0.276 e. The van der Waals surface area contributed by atoms with E-state index in [0.717, 1.165) is 18.4 Å². The maximum atomic E-state index is 13.9. The Labute approximate surface area is 232 Å². The maximum absolute atomic E-state index is 13.9. The topological polar surface area (TPSA) is 127 Å². The predicted octanol–water partition coefficient (Wildman–Crippen LogP) is 4.72. The number of aryl methyl sites for hydroxylation is 1. The van der Waals surface area contributed by atoms with Crippen LogP contribution < -0.4 is 10.6 Å². The van der Waals surface area contributed by atoms with Gasteiger partial charge in [0, 0.05) is 32.1 Å². The highest BCUT2D eigenvalue weighted by Crippen LogP contribution is 2.45. The molecule has 2 atom stereocenters. The van der Waals surface area contributed by atoms with Gasteiger partial charge in [-0.1, -0.05) is 5.16 Å². The number of hydrogen-bond donors (Lipinski definition) is 2. The van der Waals surface area contributed by atoms with Crippen LogP contribution >= 0.6 is 0 Å². The van der Waals surface area contributed by atoms with Gasteiger partial charge in [0.1, 0.15) is 5.69 Å². The second-order valence-corrected chi connectivity index (χ2v) is 11.8. The molecule has 3 aliphatic carbocycles. The summed E-state index contributed by atoms with van der Waals surface area (Å²) in [5, 5.41) is 17.7. The minimum absolute atomic E-state index is 0.00829. The van der Waals surface area contributed by atoms with Crippen LogP contribution in [0.5, 0.6) is 0 Å². The van der Waals surface area contributed by atoms with Gasteiger partial charge in [-0.05, 0) is 67.1 Å². The van der Waals surface area contributed by atoms with Crippen molar-refractivity contribution < 1.29 is 31.8 Å². The third-order valence-electron chi connectivity index (χ3n) is 8.48. The van der Waals surface area contributed by atoms with Crippen molar-refractivity contribution in [1.29, 1.82) is 0 Å². The van der Waals surface area contributed by atoms with Crippen LogP contribution in [0.4, 0.5) is 17.6 Å². The third kappa shape index (κ3) is 6.05. The second-order valence-electron chi connectivity index (χ2n) is 11.8. The van der Waals surface area contributed by atoms with Crippen LogP contribution in [0.1, 0.15) is 97.3 Å². The molecule has 3 aromatic heterocycles. The van der Waals surface area contributed by atoms with E-state index in [1.54, 1.807) is 29.9 Å². The van der Waals surface area contributed by atoms with Crippen molar-refractivity contribution in [1.82, 2.24) is 35.5 Å². The molecule has 14 heteroatoms. The Morgan fingerprint density at radius 2 is 1.73 bits per heavy atom. The molecule has 6 rings (SSSR count). The van der Waals surface area contributed by atoms with Crippen molar-refractivity contribution in [3.63, 3.8) is 0 Å². The highest BCUT2D eigenvalue weighted by atomic mass is 19.3. The Morgan fingerprint density at radius 3 is 2.37 bits per heavy atom. The number of fused-ring (bicyclic) bond motifs is 1. The van der Waals surface area contributed by atoms with Gasteiger partial charge in [0.15, 0.2) is 11.3 Å². The van der Waals surface area contributed by atoms with Crippen LogP contribution in [0.15, 0.2) is 23.1 Å². The third-order valence-corrected chi connectivity index (χ3v) is 8.48. The first-order valence-electron chi connectivity index (χ1n) is 14.0. The molecule has 3 heterocycles. The second kappa shape index (κ2) is 10.4. The van der Waals surface area contributed by atoms with Crippen molar-refractivity contribution in [3.05, 3.63) is 41.1 Å². The Hall–Kier alpha value is -3.58. The van der Waals surface area contributed by atoms with Crippen molar-refractivity contribution in [2.75, 3.05) is 0 Å². The molecule has 3 aromatic rings. The number of aromatic nitrogens is 5. The zero-order chi connectivity index (χ0) is 28.9. The molecular formula is C27H31F4N7O3. The first-order chi connectivity index (χ1) is 19.5. The highest BCUT2D eigenvalue weighted by molar-refractivity contribution is 5.93. The lowest BCUT2D eigenvalue weighted by molar-refractivity contribution is -0.134. The van der Waals surface area contributed by atoms with E-state index >= 15 is 0 Å². The molecule has 0 bridgehead atoms. The van der Waals surface area contributed by atoms with Gasteiger partial charge in [0.05, 0.1) is 30.2 Å². The fourth-order valence-electron chi connectivity index (χ4n) is 6.03. The Kier molecular flexibility index (Phi) is 6.97. The van der Waals surface area contributed by atoms with E-state index in [1.165, 1.54) is 0 Å². The monoisotopic (exact) mass is 577 g/mol. The summed E-state index contributed by atoms with van der Waals surface area (Å²) in [4.78, 5) is 30.4. The van der Waals surface area contributed by atoms with Gasteiger partial charge in [-0.3, -0.25) is 9.59 Å². The number of carbonyl (C=O) groups is 2. The van der Waals surface area contributed by atoms with E-state index in [4.69, 9.17) is 4.98 Å². The molecular weight excluding hydrogens is 546 g/mol. The Balaban J connectivity index is 1.23. The molecule has 10 nitrogen and oxygen atoms in total. The zero-order valence-corrected chi connectivity index (χ0v) is 22.5. The van der Waals surface area contributed by atoms with Gasteiger partial charge in [0.25, 0.3) is 5.91 Å². The molecule has 220 valence electrons. The summed E-state index contributed by atoms with van der Waals surface area (Å²) < 4.78 is 60.5. The molecule has 3 aliphatic rings. The van der Waals surface area contributed by atoms with Crippen LogP contribution in [-0.4, -0.2) is 48.6 Å². The summed E-state index contributed by atoms with van der Waals surface area (Å²) in [5.74, 6) is -6.61. The smallest absolute Gasteiger partial charge is 0.276 e. The fourth-order valence-corrected chi connectivity index (χ4v) is 6.03. The van der Waals surface area contributed by atoms with Gasteiger partial charge in [-0.25, -0.2) is 31.7 Å². The van der Waals surface area contributed by atoms with Crippen LogP contribution in [0.3, 0.4) is 0 Å². The summed E-state index contributed by atoms with van der Waals surface area (Å²) in [6.07, 6.45) is 4.50. The first-order valence-corrected chi connectivity index (χ1v) is 14.0. The van der Waals surface area contributed by atoms with Crippen LogP contribution in [0.2, 0.25) is 0 Å². The normalized spacial score (nSPS) is 22.2. The highest BCUT2D eigenvalue weighted by Gasteiger charge is 2.46. The number of nitrogens with zero attached hydrogens (tertiary/aromatic N) is 5. The molecule has 0 radical (unpaired) electrons. The fraction of sp³-hybridized carbons (Fsp3) is 0.630. The zero-order valence-electron chi connectivity index (χ0n) is 22.5. The molecule has 2 amide bonds. The van der Waals surface area contributed by atoms with E-state index in [0.29, 0.717) is 17.0 Å². The van der Waals surface area contributed by atoms with Gasteiger partial charge in [0.2, 0.25) is 17.8 Å². The lowest BCUT2D eigenvalue weighted by atomic mass is 9.79. The number of amides is 2. The van der Waals surface area contributed by atoms with Gasteiger partial charge in [-0.2, -0.15) is 5.10 Å². The molecule has 41 heavy (non-hydrogen) atoms. The minimum atomic E-state index is -2.74. The summed E-state index contributed by atoms with van der Waals surface area (Å²) in [5.41, 5.74) is 1.98. The Morgan fingerprint density at radius 1 is 1.02 bits per heavy atom. The summed E-state index contributed by atoms with van der Waals surface area (Å²) in [6, 6.07) is 0.801. The van der Waals surface area contributed by atoms with E-state index in [9.17, 15) is 27.2 Å². The lowest BCUT2D eigenvalue weighted by Gasteiger charge is -2.34. The average molecular weight is 578 g/mol. The SMILES string of the molecule is Cc1nonc1C(=O)N[C@H](c1cn2ncc([C@H](NC(=O)CC3CC(F)(F)C3)C3CC3)cc2n1)C1CCC(F)(F)CC1. The largest absolute Gasteiger partial charge is 0.349 e. The first kappa shape index (κ1) is 27.6. The number of nitrogens with one attached hydrogen (secondary N) is 2. The van der Waals surface area contributed by atoms with Crippen LogP contribution in [0, 0.1) is 24.7 Å². The molecule has 3 saturated carbocycles. The molecule has 0 unspecified atom stereocenters. The molecule has 0 spiro atoms. The van der Waals surface area contributed by atoms with Gasteiger partial charge < -0.3 is 10.6 Å². The van der Waals surface area contributed by atoms with Crippen LogP contribution in [0.25, 0.3) is 5.65 Å². The quantitative estimate of drug-likeness (QED) is 0.352. The summed E-state index contributed by atoms with van der Waals surface area (Å²) in [6.45, 7) is 1.58. The predicted molar refractivity (Wildman–Crippen MR) is 135 cm³/mol. The number of halogens is 4. The van der Waals surface area contributed by atoms with E-state index in [1.807, 2.05) is 0 Å². The molecule has 0 aromatic carbocycles. The molecule has 3 fully saturated rings. The number of hydrogen-bond acceptors (Lipinski definition) is 7. The van der Waals surface area contributed by atoms with Crippen molar-refractivity contribution in [2.24, 2.45) is 17.8 Å². The minimum Gasteiger partial charge on any atom is -0.349 e. The van der Waals surface area contributed by atoms with Crippen molar-refractivity contribution in [2.45, 2.75) is 88.6 Å². The number of imidazole rings is 1. The number of carbonyl (C=O) groups excluding carboxylic acids is 2. The Bertz CT molecular complexity index is 1440. The van der Waals surface area contributed by atoms with Crippen molar-refractivity contribution >= 4 is 17.5 Å². The van der Waals surface area contributed by atoms with Crippen LogP contribution in [-0.2, 0) is 4.79 Å². The van der Waals surface area contributed by atoms with E-state index in [2.05, 4.69) is 30.7 Å². The molecule has 0 saturated heterocycles. The van der Waals surface area contributed by atoms with E-state index in [-0.39, 0.29) is 80.3 Å². The standard InChI is InChI=1S/C27H31F4N7O3/c1-14-22(37-41-36-14)25(40)35-24(17-4-6-26(28,29)7-5-17)19-13-38-20(33-19)9-18(12-32-38)23(16-2-3-16)34-21(39)8-15-10-27(30,31)11-15/h9,12-13,15-17,23-24H,2-8,10-11H2,1H3,(H,34,39)(H,35,40)/t23-,24+/m1/s1. The lowest BCUT2D eigenvalue weighted by Crippen LogP contribution is -2.39. The average Bonchev–Trinajstić information content (AvgIpc) is 3.50. The summed E-state index contributed by atoms with van der Waals surface area (Å²) >= 11 is 0. The molecule has 0 aliphatic heterocycles. The van der Waals surface area contributed by atoms with E-state index < -0.39 is 23.8 Å². The number of rotatable bonds is 9. The van der Waals surface area contributed by atoms with Gasteiger partial charge in [-0.15, -0.1) is 0 Å². The molecule has 2 N–H and O–H groups in total. The van der Waals surface area contributed by atoms with Crippen molar-refractivity contribution in [3.8, 4) is 0 Å². The van der Waals surface area contributed by atoms with Gasteiger partial charge >= 0.3 is 0 Å².